The maximum absolute atomic E-state index is 12.4. The Kier molecular flexibility index (Phi) is 6.77. The SMILES string of the molecule is COc1cccc(CCNC(=O)c2[nH]c(=O)c(CC(C)C)nc2OC)c1. The molecule has 0 atom stereocenters. The molecule has 0 spiro atoms. The lowest BCUT2D eigenvalue weighted by atomic mass is 10.1. The molecule has 0 radical (unpaired) electrons. The summed E-state index contributed by atoms with van der Waals surface area (Å²) in [7, 11) is 3.03. The number of H-pyrrole nitrogens is 1. The number of carbonyl (C=O) groups excluding carboxylic acids is 1. The van der Waals surface area contributed by atoms with Crippen molar-refractivity contribution in [2.75, 3.05) is 20.8 Å². The van der Waals surface area contributed by atoms with Crippen LogP contribution in [0.2, 0.25) is 0 Å². The monoisotopic (exact) mass is 359 g/mol. The highest BCUT2D eigenvalue weighted by molar-refractivity contribution is 5.94. The van der Waals surface area contributed by atoms with Crippen molar-refractivity contribution in [3.63, 3.8) is 0 Å². The lowest BCUT2D eigenvalue weighted by molar-refractivity contribution is 0.0944. The number of benzene rings is 1. The fourth-order valence-electron chi connectivity index (χ4n) is 2.53. The Labute approximate surface area is 152 Å². The number of nitrogens with zero attached hydrogens (tertiary/aromatic N) is 1. The molecule has 0 aliphatic carbocycles. The average Bonchev–Trinajstić information content (AvgIpc) is 2.62. The van der Waals surface area contributed by atoms with Gasteiger partial charge in [0.15, 0.2) is 5.69 Å². The Morgan fingerprint density at radius 1 is 1.27 bits per heavy atom. The molecule has 1 aromatic heterocycles. The summed E-state index contributed by atoms with van der Waals surface area (Å²) < 4.78 is 10.4. The van der Waals surface area contributed by atoms with E-state index in [1.807, 2.05) is 38.1 Å². The minimum absolute atomic E-state index is 0.0376. The first-order chi connectivity index (χ1) is 12.4. The number of nitrogens with one attached hydrogen (secondary N) is 2. The molecule has 0 aliphatic heterocycles. The van der Waals surface area contributed by atoms with Crippen molar-refractivity contribution in [3.8, 4) is 11.6 Å². The van der Waals surface area contributed by atoms with Crippen LogP contribution in [0.4, 0.5) is 0 Å². The van der Waals surface area contributed by atoms with E-state index in [1.54, 1.807) is 7.11 Å². The van der Waals surface area contributed by atoms with Gasteiger partial charge in [-0.3, -0.25) is 9.59 Å². The minimum atomic E-state index is -0.426. The van der Waals surface area contributed by atoms with Gasteiger partial charge in [0.05, 0.1) is 14.2 Å². The van der Waals surface area contributed by atoms with E-state index in [1.165, 1.54) is 7.11 Å². The second kappa shape index (κ2) is 9.03. The summed E-state index contributed by atoms with van der Waals surface area (Å²) >= 11 is 0. The van der Waals surface area contributed by atoms with Crippen molar-refractivity contribution in [3.05, 3.63) is 51.6 Å². The van der Waals surface area contributed by atoms with Gasteiger partial charge in [-0.2, -0.15) is 0 Å². The topological polar surface area (TPSA) is 93.3 Å². The Balaban J connectivity index is 2.06. The van der Waals surface area contributed by atoms with E-state index < -0.39 is 5.91 Å². The van der Waals surface area contributed by atoms with E-state index in [9.17, 15) is 9.59 Å². The first-order valence-electron chi connectivity index (χ1n) is 8.53. The average molecular weight is 359 g/mol. The smallest absolute Gasteiger partial charge is 0.273 e. The molecule has 26 heavy (non-hydrogen) atoms. The van der Waals surface area contributed by atoms with Gasteiger partial charge >= 0.3 is 0 Å². The van der Waals surface area contributed by atoms with Crippen LogP contribution >= 0.6 is 0 Å². The molecule has 0 fully saturated rings. The van der Waals surface area contributed by atoms with Gasteiger partial charge in [0.1, 0.15) is 11.4 Å². The van der Waals surface area contributed by atoms with Crippen molar-refractivity contribution in [1.82, 2.24) is 15.3 Å². The fraction of sp³-hybridized carbons (Fsp3) is 0.421. The van der Waals surface area contributed by atoms with Crippen LogP contribution in [0.25, 0.3) is 0 Å². The third-order valence-corrected chi connectivity index (χ3v) is 3.81. The van der Waals surface area contributed by atoms with Crippen LogP contribution in [0.3, 0.4) is 0 Å². The van der Waals surface area contributed by atoms with Crippen LogP contribution in [0.1, 0.15) is 35.6 Å². The lowest BCUT2D eigenvalue weighted by Gasteiger charge is -2.11. The van der Waals surface area contributed by atoms with E-state index in [4.69, 9.17) is 9.47 Å². The summed E-state index contributed by atoms with van der Waals surface area (Å²) in [4.78, 5) is 31.3. The predicted octanol–water partition coefficient (Wildman–Crippen LogP) is 1.96. The molecule has 0 saturated heterocycles. The number of hydrogen-bond donors (Lipinski definition) is 2. The maximum atomic E-state index is 12.4. The number of carbonyl (C=O) groups is 1. The molecule has 2 rings (SSSR count). The van der Waals surface area contributed by atoms with Gasteiger partial charge in [-0.05, 0) is 36.5 Å². The van der Waals surface area contributed by atoms with Gasteiger partial charge in [0.25, 0.3) is 11.5 Å². The van der Waals surface area contributed by atoms with Gasteiger partial charge in [-0.25, -0.2) is 4.98 Å². The van der Waals surface area contributed by atoms with Crippen LogP contribution in [0.15, 0.2) is 29.1 Å². The molecular weight excluding hydrogens is 334 g/mol. The summed E-state index contributed by atoms with van der Waals surface area (Å²) in [5.74, 6) is 0.741. The number of amides is 1. The molecule has 0 unspecified atom stereocenters. The van der Waals surface area contributed by atoms with Crippen LogP contribution in [-0.4, -0.2) is 36.6 Å². The first kappa shape index (κ1) is 19.5. The number of ether oxygens (including phenoxy) is 2. The van der Waals surface area contributed by atoms with Crippen molar-refractivity contribution in [2.45, 2.75) is 26.7 Å². The molecule has 2 N–H and O–H groups in total. The van der Waals surface area contributed by atoms with Gasteiger partial charge < -0.3 is 19.8 Å². The zero-order valence-corrected chi connectivity index (χ0v) is 15.6. The third-order valence-electron chi connectivity index (χ3n) is 3.81. The van der Waals surface area contributed by atoms with Crippen LogP contribution in [0.5, 0.6) is 11.6 Å². The van der Waals surface area contributed by atoms with Crippen LogP contribution < -0.4 is 20.3 Å². The van der Waals surface area contributed by atoms with Gasteiger partial charge in [0.2, 0.25) is 5.88 Å². The van der Waals surface area contributed by atoms with Crippen molar-refractivity contribution in [2.24, 2.45) is 5.92 Å². The molecule has 2 aromatic rings. The van der Waals surface area contributed by atoms with E-state index >= 15 is 0 Å². The normalized spacial score (nSPS) is 10.7. The van der Waals surface area contributed by atoms with Crippen molar-refractivity contribution < 1.29 is 14.3 Å². The number of methoxy groups -OCH3 is 2. The van der Waals surface area contributed by atoms with Gasteiger partial charge in [-0.15, -0.1) is 0 Å². The molecule has 1 heterocycles. The molecule has 0 aliphatic rings. The van der Waals surface area contributed by atoms with Crippen LogP contribution in [-0.2, 0) is 12.8 Å². The van der Waals surface area contributed by atoms with E-state index in [0.717, 1.165) is 11.3 Å². The fourth-order valence-corrected chi connectivity index (χ4v) is 2.53. The number of aromatic amines is 1. The maximum Gasteiger partial charge on any atom is 0.273 e. The highest BCUT2D eigenvalue weighted by Crippen LogP contribution is 2.14. The first-order valence-corrected chi connectivity index (χ1v) is 8.53. The van der Waals surface area contributed by atoms with E-state index in [0.29, 0.717) is 25.1 Å². The number of hydrogen-bond acceptors (Lipinski definition) is 5. The quantitative estimate of drug-likeness (QED) is 0.751. The molecule has 0 saturated carbocycles. The standard InChI is InChI=1S/C19H25N3O4/c1-12(2)10-15-17(23)22-16(19(21-15)26-4)18(24)20-9-8-13-6-5-7-14(11-13)25-3/h5-7,11-12H,8-10H2,1-4H3,(H,20,24)(H,22,23). The molecule has 1 aromatic carbocycles. The predicted molar refractivity (Wildman–Crippen MR) is 99.0 cm³/mol. The molecule has 7 heteroatoms. The Bertz CT molecular complexity index is 815. The minimum Gasteiger partial charge on any atom is -0.497 e. The molecule has 7 nitrogen and oxygen atoms in total. The largest absolute Gasteiger partial charge is 0.497 e. The Morgan fingerprint density at radius 2 is 2.04 bits per heavy atom. The van der Waals surface area contributed by atoms with Crippen LogP contribution in [0, 0.1) is 5.92 Å². The summed E-state index contributed by atoms with van der Waals surface area (Å²) in [6.45, 7) is 4.39. The van der Waals surface area contributed by atoms with Crippen molar-refractivity contribution >= 4 is 5.91 Å². The summed E-state index contributed by atoms with van der Waals surface area (Å²) in [5.41, 5.74) is 1.08. The van der Waals surface area contributed by atoms with E-state index in [-0.39, 0.29) is 23.1 Å². The van der Waals surface area contributed by atoms with E-state index in [2.05, 4.69) is 15.3 Å². The third kappa shape index (κ3) is 5.08. The lowest BCUT2D eigenvalue weighted by Crippen LogP contribution is -2.30. The molecular formula is C19H25N3O4. The Morgan fingerprint density at radius 3 is 2.69 bits per heavy atom. The van der Waals surface area contributed by atoms with Gasteiger partial charge in [-0.1, -0.05) is 26.0 Å². The number of aromatic nitrogens is 2. The summed E-state index contributed by atoms with van der Waals surface area (Å²) in [6, 6.07) is 7.63. The second-order valence-corrected chi connectivity index (χ2v) is 6.35. The highest BCUT2D eigenvalue weighted by atomic mass is 16.5. The second-order valence-electron chi connectivity index (χ2n) is 6.35. The zero-order valence-electron chi connectivity index (χ0n) is 15.6. The molecule has 0 bridgehead atoms. The molecule has 140 valence electrons. The Hall–Kier alpha value is -2.83. The number of rotatable bonds is 8. The zero-order chi connectivity index (χ0) is 19.1. The molecule has 1 amide bonds. The van der Waals surface area contributed by atoms with Crippen molar-refractivity contribution in [1.29, 1.82) is 0 Å². The van der Waals surface area contributed by atoms with Gasteiger partial charge in [0, 0.05) is 6.54 Å². The summed E-state index contributed by atoms with van der Waals surface area (Å²) in [5, 5.41) is 2.78. The highest BCUT2D eigenvalue weighted by Gasteiger charge is 2.18. The summed E-state index contributed by atoms with van der Waals surface area (Å²) in [6.07, 6.45) is 1.15.